The minimum absolute atomic E-state index is 0.554. The van der Waals surface area contributed by atoms with Crippen LogP contribution in [0.3, 0.4) is 0 Å². The smallest absolute Gasteiger partial charge is 0.125 e. The third kappa shape index (κ3) is 2.13. The molecule has 3 heteroatoms. The van der Waals surface area contributed by atoms with Gasteiger partial charge < -0.3 is 5.73 Å². The van der Waals surface area contributed by atoms with Crippen LogP contribution in [0, 0.1) is 0 Å². The zero-order valence-electron chi connectivity index (χ0n) is 11.6. The predicted octanol–water partition coefficient (Wildman–Crippen LogP) is 3.36. The molecule has 96 valence electrons. The van der Waals surface area contributed by atoms with E-state index in [-0.39, 0.29) is 0 Å². The summed E-state index contributed by atoms with van der Waals surface area (Å²) in [6.45, 7) is 6.51. The fourth-order valence-corrected chi connectivity index (χ4v) is 2.19. The summed E-state index contributed by atoms with van der Waals surface area (Å²) < 4.78 is 1.75. The van der Waals surface area contributed by atoms with Crippen LogP contribution >= 0.6 is 0 Å². The highest BCUT2D eigenvalue weighted by molar-refractivity contribution is 5.68. The summed E-state index contributed by atoms with van der Waals surface area (Å²) in [6.07, 6.45) is 0.904. The van der Waals surface area contributed by atoms with Crippen LogP contribution in [0.5, 0.6) is 0 Å². The van der Waals surface area contributed by atoms with Crippen molar-refractivity contribution in [3.8, 4) is 11.3 Å². The number of aryl methyl sites for hydroxylation is 1. The van der Waals surface area contributed by atoms with Gasteiger partial charge in [0.1, 0.15) is 5.82 Å². The molecule has 0 aliphatic heterocycles. The van der Waals surface area contributed by atoms with Crippen LogP contribution in [0.25, 0.3) is 11.3 Å². The van der Waals surface area contributed by atoms with E-state index in [2.05, 4.69) is 50.1 Å². The molecule has 2 N–H and O–H groups in total. The fourth-order valence-electron chi connectivity index (χ4n) is 2.19. The van der Waals surface area contributed by atoms with Crippen LogP contribution in [0.4, 0.5) is 5.82 Å². The molecular formula is C15H21N3. The lowest BCUT2D eigenvalue weighted by Crippen LogP contribution is -1.98. The lowest BCUT2D eigenvalue weighted by Gasteiger charge is -2.06. The number of hydrogen-bond acceptors (Lipinski definition) is 2. The van der Waals surface area contributed by atoms with Gasteiger partial charge in [-0.3, -0.25) is 4.68 Å². The van der Waals surface area contributed by atoms with E-state index in [1.807, 2.05) is 7.05 Å². The van der Waals surface area contributed by atoms with Gasteiger partial charge in [0, 0.05) is 18.2 Å². The van der Waals surface area contributed by atoms with E-state index in [1.54, 1.807) is 4.68 Å². The third-order valence-electron chi connectivity index (χ3n) is 3.40. The van der Waals surface area contributed by atoms with Crippen molar-refractivity contribution in [3.05, 3.63) is 35.4 Å². The van der Waals surface area contributed by atoms with Crippen molar-refractivity contribution < 1.29 is 0 Å². The number of nitrogens with zero attached hydrogens (tertiary/aromatic N) is 2. The summed E-state index contributed by atoms with van der Waals surface area (Å²) in [6, 6.07) is 8.61. The average Bonchev–Trinajstić information content (AvgIpc) is 2.65. The average molecular weight is 243 g/mol. The first-order valence-corrected chi connectivity index (χ1v) is 6.46. The lowest BCUT2D eigenvalue weighted by molar-refractivity contribution is 0.781. The van der Waals surface area contributed by atoms with Crippen LogP contribution in [-0.2, 0) is 13.5 Å². The number of nitrogens with two attached hydrogens (primary N) is 1. The SMILES string of the molecule is CCc1c(-c2ccc(C(C)C)cc2)nn(C)c1N. The molecule has 18 heavy (non-hydrogen) atoms. The summed E-state index contributed by atoms with van der Waals surface area (Å²) in [5.74, 6) is 1.32. The van der Waals surface area contributed by atoms with Crippen molar-refractivity contribution in [2.45, 2.75) is 33.1 Å². The number of aromatic nitrogens is 2. The molecule has 2 aromatic rings. The van der Waals surface area contributed by atoms with Crippen LogP contribution < -0.4 is 5.73 Å². The van der Waals surface area contributed by atoms with Gasteiger partial charge in [0.2, 0.25) is 0 Å². The van der Waals surface area contributed by atoms with Crippen molar-refractivity contribution >= 4 is 5.82 Å². The predicted molar refractivity (Wildman–Crippen MR) is 76.5 cm³/mol. The van der Waals surface area contributed by atoms with E-state index < -0.39 is 0 Å². The van der Waals surface area contributed by atoms with Crippen LogP contribution in [0.2, 0.25) is 0 Å². The molecule has 0 saturated carbocycles. The molecule has 0 bridgehead atoms. The molecule has 0 atom stereocenters. The molecule has 3 nitrogen and oxygen atoms in total. The lowest BCUT2D eigenvalue weighted by atomic mass is 9.99. The van der Waals surface area contributed by atoms with Crippen molar-refractivity contribution in [1.82, 2.24) is 9.78 Å². The molecule has 1 heterocycles. The van der Waals surface area contributed by atoms with Crippen LogP contribution in [0.1, 0.15) is 37.8 Å². The molecule has 0 unspecified atom stereocenters. The second kappa shape index (κ2) is 4.84. The molecular weight excluding hydrogens is 222 g/mol. The molecule has 2 rings (SSSR count). The Morgan fingerprint density at radius 1 is 1.22 bits per heavy atom. The van der Waals surface area contributed by atoms with E-state index in [4.69, 9.17) is 5.73 Å². The van der Waals surface area contributed by atoms with Gasteiger partial charge in [-0.05, 0) is 17.9 Å². The van der Waals surface area contributed by atoms with Gasteiger partial charge in [0.05, 0.1) is 5.69 Å². The number of anilines is 1. The van der Waals surface area contributed by atoms with Gasteiger partial charge in [0.25, 0.3) is 0 Å². The molecule has 1 aromatic carbocycles. The van der Waals surface area contributed by atoms with Gasteiger partial charge in [-0.25, -0.2) is 0 Å². The summed E-state index contributed by atoms with van der Waals surface area (Å²) in [4.78, 5) is 0. The van der Waals surface area contributed by atoms with Crippen LogP contribution in [-0.4, -0.2) is 9.78 Å². The number of nitrogen functional groups attached to an aromatic ring is 1. The number of benzene rings is 1. The van der Waals surface area contributed by atoms with Crippen molar-refractivity contribution in [3.63, 3.8) is 0 Å². The molecule has 0 aliphatic rings. The normalized spacial score (nSPS) is 11.2. The standard InChI is InChI=1S/C15H21N3/c1-5-13-14(17-18(4)15(13)16)12-8-6-11(7-9-12)10(2)3/h6-10H,5,16H2,1-4H3. The molecule has 0 radical (unpaired) electrons. The van der Waals surface area contributed by atoms with E-state index in [0.29, 0.717) is 5.92 Å². The topological polar surface area (TPSA) is 43.8 Å². The maximum Gasteiger partial charge on any atom is 0.125 e. The number of rotatable bonds is 3. The van der Waals surface area contributed by atoms with Gasteiger partial charge in [-0.2, -0.15) is 5.10 Å². The Kier molecular flexibility index (Phi) is 3.41. The second-order valence-electron chi connectivity index (χ2n) is 4.97. The monoisotopic (exact) mass is 243 g/mol. The van der Waals surface area contributed by atoms with Gasteiger partial charge in [0.15, 0.2) is 0 Å². The van der Waals surface area contributed by atoms with E-state index in [1.165, 1.54) is 5.56 Å². The Morgan fingerprint density at radius 2 is 1.83 bits per heavy atom. The molecule has 0 aliphatic carbocycles. The maximum absolute atomic E-state index is 6.03. The summed E-state index contributed by atoms with van der Waals surface area (Å²) >= 11 is 0. The summed E-state index contributed by atoms with van der Waals surface area (Å²) in [5.41, 5.74) is 10.7. The van der Waals surface area contributed by atoms with E-state index in [0.717, 1.165) is 29.1 Å². The molecule has 0 spiro atoms. The quantitative estimate of drug-likeness (QED) is 0.898. The number of hydrogen-bond donors (Lipinski definition) is 1. The third-order valence-corrected chi connectivity index (χ3v) is 3.40. The van der Waals surface area contributed by atoms with E-state index >= 15 is 0 Å². The Bertz CT molecular complexity index is 536. The van der Waals surface area contributed by atoms with Gasteiger partial charge in [-0.1, -0.05) is 45.0 Å². The largest absolute Gasteiger partial charge is 0.384 e. The van der Waals surface area contributed by atoms with Gasteiger partial charge in [-0.15, -0.1) is 0 Å². The minimum Gasteiger partial charge on any atom is -0.384 e. The fraction of sp³-hybridized carbons (Fsp3) is 0.400. The first-order chi connectivity index (χ1) is 8.54. The first-order valence-electron chi connectivity index (χ1n) is 6.46. The highest BCUT2D eigenvalue weighted by Crippen LogP contribution is 2.28. The van der Waals surface area contributed by atoms with Crippen molar-refractivity contribution in [2.75, 3.05) is 5.73 Å². The highest BCUT2D eigenvalue weighted by Gasteiger charge is 2.13. The van der Waals surface area contributed by atoms with Crippen LogP contribution in [0.15, 0.2) is 24.3 Å². The Morgan fingerprint density at radius 3 is 2.33 bits per heavy atom. The zero-order valence-corrected chi connectivity index (χ0v) is 11.6. The van der Waals surface area contributed by atoms with E-state index in [9.17, 15) is 0 Å². The van der Waals surface area contributed by atoms with Gasteiger partial charge >= 0.3 is 0 Å². The zero-order chi connectivity index (χ0) is 13.3. The summed E-state index contributed by atoms with van der Waals surface area (Å²) in [5, 5.41) is 4.52. The Labute approximate surface area is 109 Å². The highest BCUT2D eigenvalue weighted by atomic mass is 15.3. The molecule has 0 saturated heterocycles. The Hall–Kier alpha value is -1.77. The van der Waals surface area contributed by atoms with Crippen molar-refractivity contribution in [1.29, 1.82) is 0 Å². The summed E-state index contributed by atoms with van der Waals surface area (Å²) in [7, 11) is 1.89. The Balaban J connectivity index is 2.45. The maximum atomic E-state index is 6.03. The first kappa shape index (κ1) is 12.7. The molecule has 1 aromatic heterocycles. The second-order valence-corrected chi connectivity index (χ2v) is 4.97. The molecule has 0 amide bonds. The van der Waals surface area contributed by atoms with Crippen molar-refractivity contribution in [2.24, 2.45) is 7.05 Å². The minimum atomic E-state index is 0.554. The molecule has 0 fully saturated rings.